The summed E-state index contributed by atoms with van der Waals surface area (Å²) in [5, 5.41) is 11.6. The van der Waals surface area contributed by atoms with Crippen molar-refractivity contribution in [3.8, 4) is 0 Å². The van der Waals surface area contributed by atoms with E-state index in [0.717, 1.165) is 0 Å². The quantitative estimate of drug-likeness (QED) is 0.773. The molecule has 6 heteroatoms. The van der Waals surface area contributed by atoms with E-state index in [1.54, 1.807) is 24.0 Å². The normalized spacial score (nSPS) is 12.7. The number of amides is 1. The Morgan fingerprint density at radius 1 is 1.42 bits per heavy atom. The van der Waals surface area contributed by atoms with Crippen molar-refractivity contribution >= 4 is 11.9 Å². The van der Waals surface area contributed by atoms with Crippen molar-refractivity contribution in [2.75, 3.05) is 6.54 Å². The smallest absolute Gasteiger partial charge is 0.317 e. The molecule has 1 rings (SSSR count). The molecule has 0 spiro atoms. The van der Waals surface area contributed by atoms with Crippen molar-refractivity contribution in [1.29, 1.82) is 0 Å². The topological polar surface area (TPSA) is 82.8 Å². The van der Waals surface area contributed by atoms with Gasteiger partial charge < -0.3 is 14.8 Å². The van der Waals surface area contributed by atoms with E-state index in [-0.39, 0.29) is 18.5 Å². The minimum atomic E-state index is -0.945. The Bertz CT molecular complexity index is 414. The van der Waals surface area contributed by atoms with Gasteiger partial charge in [-0.2, -0.15) is 0 Å². The molecule has 0 aliphatic heterocycles. The van der Waals surface area contributed by atoms with Crippen LogP contribution in [0.4, 0.5) is 0 Å². The monoisotopic (exact) mass is 268 g/mol. The molecule has 19 heavy (non-hydrogen) atoms. The number of aliphatic carboxylic acids is 1. The number of carbonyl (C=O) groups is 2. The van der Waals surface area contributed by atoms with E-state index in [9.17, 15) is 9.59 Å². The van der Waals surface area contributed by atoms with Crippen LogP contribution in [-0.4, -0.2) is 40.5 Å². The van der Waals surface area contributed by atoms with Crippen molar-refractivity contribution < 1.29 is 19.1 Å². The van der Waals surface area contributed by atoms with Crippen LogP contribution in [0.2, 0.25) is 0 Å². The second-order valence-electron chi connectivity index (χ2n) is 4.63. The Morgan fingerprint density at radius 3 is 2.58 bits per heavy atom. The minimum absolute atomic E-state index is 0.0273. The molecular weight excluding hydrogens is 248 g/mol. The highest BCUT2D eigenvalue weighted by Crippen LogP contribution is 2.06. The number of nitrogens with one attached hydrogen (secondary N) is 1. The van der Waals surface area contributed by atoms with Crippen LogP contribution < -0.4 is 5.32 Å². The molecule has 106 valence electrons. The molecule has 1 unspecified atom stereocenters. The number of hydrogen-bond acceptors (Lipinski definition) is 4. The summed E-state index contributed by atoms with van der Waals surface area (Å²) in [5.74, 6) is -0.499. The second kappa shape index (κ2) is 6.94. The Morgan fingerprint density at radius 2 is 2.11 bits per heavy atom. The van der Waals surface area contributed by atoms with E-state index in [4.69, 9.17) is 9.52 Å². The predicted molar refractivity (Wildman–Crippen MR) is 69.5 cm³/mol. The predicted octanol–water partition coefficient (Wildman–Crippen LogP) is 1.08. The van der Waals surface area contributed by atoms with Crippen molar-refractivity contribution in [2.24, 2.45) is 0 Å². The first kappa shape index (κ1) is 15.2. The number of carbonyl (C=O) groups excluding carboxylic acids is 1. The van der Waals surface area contributed by atoms with Gasteiger partial charge in [-0.3, -0.25) is 14.5 Å². The Balaban J connectivity index is 2.55. The van der Waals surface area contributed by atoms with Crippen molar-refractivity contribution in [3.63, 3.8) is 0 Å². The third-order valence-electron chi connectivity index (χ3n) is 2.87. The van der Waals surface area contributed by atoms with E-state index in [1.165, 1.54) is 6.26 Å². The first-order valence-electron chi connectivity index (χ1n) is 6.19. The van der Waals surface area contributed by atoms with Gasteiger partial charge in [-0.05, 0) is 32.9 Å². The lowest BCUT2D eigenvalue weighted by Crippen LogP contribution is -2.49. The third kappa shape index (κ3) is 4.75. The van der Waals surface area contributed by atoms with Crippen molar-refractivity contribution in [1.82, 2.24) is 10.2 Å². The summed E-state index contributed by atoms with van der Waals surface area (Å²) in [6.45, 7) is 5.56. The molecule has 0 aliphatic carbocycles. The summed E-state index contributed by atoms with van der Waals surface area (Å²) in [5.41, 5.74) is 0. The van der Waals surface area contributed by atoms with Gasteiger partial charge in [-0.15, -0.1) is 0 Å². The summed E-state index contributed by atoms with van der Waals surface area (Å²) < 4.78 is 5.11. The van der Waals surface area contributed by atoms with Gasteiger partial charge in [0.05, 0.1) is 25.4 Å². The standard InChI is InChI=1S/C13H20N2O4/c1-9(2)15(8-12(16)17)10(3)13(18)14-7-11-5-4-6-19-11/h4-6,9-10H,7-8H2,1-3H3,(H,14,18)(H,16,17). The second-order valence-corrected chi connectivity index (χ2v) is 4.63. The van der Waals surface area contributed by atoms with Crippen LogP contribution in [0, 0.1) is 0 Å². The molecule has 6 nitrogen and oxygen atoms in total. The van der Waals surface area contributed by atoms with Crippen LogP contribution in [0.1, 0.15) is 26.5 Å². The zero-order chi connectivity index (χ0) is 14.4. The average molecular weight is 268 g/mol. The van der Waals surface area contributed by atoms with Gasteiger partial charge >= 0.3 is 5.97 Å². The van der Waals surface area contributed by atoms with Gasteiger partial charge in [0, 0.05) is 6.04 Å². The Labute approximate surface area is 112 Å². The van der Waals surface area contributed by atoms with E-state index < -0.39 is 12.0 Å². The molecular formula is C13H20N2O4. The fourth-order valence-corrected chi connectivity index (χ4v) is 1.81. The molecule has 0 saturated carbocycles. The van der Waals surface area contributed by atoms with E-state index in [1.807, 2.05) is 13.8 Å². The molecule has 0 bridgehead atoms. The van der Waals surface area contributed by atoms with Crippen LogP contribution in [0.5, 0.6) is 0 Å². The molecule has 1 aromatic rings. The SMILES string of the molecule is CC(C)N(CC(=O)O)C(C)C(=O)NCc1ccco1. The number of nitrogens with zero attached hydrogens (tertiary/aromatic N) is 1. The molecule has 0 radical (unpaired) electrons. The van der Waals surface area contributed by atoms with Crippen LogP contribution in [0.15, 0.2) is 22.8 Å². The zero-order valence-corrected chi connectivity index (χ0v) is 11.4. The van der Waals surface area contributed by atoms with Crippen LogP contribution in [0.3, 0.4) is 0 Å². The molecule has 1 aromatic heterocycles. The highest BCUT2D eigenvalue weighted by molar-refractivity contribution is 5.82. The highest BCUT2D eigenvalue weighted by atomic mass is 16.4. The van der Waals surface area contributed by atoms with Crippen LogP contribution in [-0.2, 0) is 16.1 Å². The molecule has 2 N–H and O–H groups in total. The molecule has 0 saturated heterocycles. The summed E-state index contributed by atoms with van der Waals surface area (Å²) >= 11 is 0. The fourth-order valence-electron chi connectivity index (χ4n) is 1.81. The number of carboxylic acids is 1. The first-order chi connectivity index (χ1) is 8.91. The molecule has 0 aromatic carbocycles. The Hall–Kier alpha value is -1.82. The third-order valence-corrected chi connectivity index (χ3v) is 2.87. The van der Waals surface area contributed by atoms with Crippen LogP contribution >= 0.6 is 0 Å². The van der Waals surface area contributed by atoms with Gasteiger partial charge in [-0.25, -0.2) is 0 Å². The van der Waals surface area contributed by atoms with Gasteiger partial charge in [-0.1, -0.05) is 0 Å². The number of carboxylic acid groups (broad SMARTS) is 1. The highest BCUT2D eigenvalue weighted by Gasteiger charge is 2.25. The van der Waals surface area contributed by atoms with Crippen molar-refractivity contribution in [2.45, 2.75) is 39.4 Å². The average Bonchev–Trinajstić information content (AvgIpc) is 2.84. The first-order valence-corrected chi connectivity index (χ1v) is 6.19. The summed E-state index contributed by atoms with van der Waals surface area (Å²) in [6, 6.07) is 2.98. The fraction of sp³-hybridized carbons (Fsp3) is 0.538. The van der Waals surface area contributed by atoms with Crippen LogP contribution in [0.25, 0.3) is 0 Å². The van der Waals surface area contributed by atoms with E-state index in [0.29, 0.717) is 12.3 Å². The lowest BCUT2D eigenvalue weighted by Gasteiger charge is -2.30. The minimum Gasteiger partial charge on any atom is -0.480 e. The maximum atomic E-state index is 12.0. The van der Waals surface area contributed by atoms with Crippen molar-refractivity contribution in [3.05, 3.63) is 24.2 Å². The summed E-state index contributed by atoms with van der Waals surface area (Å²) in [6.07, 6.45) is 1.54. The van der Waals surface area contributed by atoms with E-state index in [2.05, 4.69) is 5.32 Å². The van der Waals surface area contributed by atoms with Gasteiger partial charge in [0.1, 0.15) is 5.76 Å². The summed E-state index contributed by atoms with van der Waals surface area (Å²) in [4.78, 5) is 24.4. The number of hydrogen-bond donors (Lipinski definition) is 2. The number of furan rings is 1. The largest absolute Gasteiger partial charge is 0.480 e. The maximum Gasteiger partial charge on any atom is 0.317 e. The van der Waals surface area contributed by atoms with Gasteiger partial charge in [0.25, 0.3) is 0 Å². The molecule has 0 fully saturated rings. The molecule has 1 heterocycles. The zero-order valence-electron chi connectivity index (χ0n) is 11.4. The maximum absolute atomic E-state index is 12.0. The van der Waals surface area contributed by atoms with Gasteiger partial charge in [0.15, 0.2) is 0 Å². The lowest BCUT2D eigenvalue weighted by molar-refractivity contribution is -0.140. The molecule has 1 amide bonds. The van der Waals surface area contributed by atoms with Gasteiger partial charge in [0.2, 0.25) is 5.91 Å². The van der Waals surface area contributed by atoms with E-state index >= 15 is 0 Å². The number of rotatable bonds is 7. The Kier molecular flexibility index (Phi) is 5.57. The molecule has 1 atom stereocenters. The molecule has 0 aliphatic rings. The summed E-state index contributed by atoms with van der Waals surface area (Å²) in [7, 11) is 0. The lowest BCUT2D eigenvalue weighted by atomic mass is 10.2.